The predicted octanol–water partition coefficient (Wildman–Crippen LogP) is -0.121. The van der Waals surface area contributed by atoms with Crippen LogP contribution in [0.3, 0.4) is 0 Å². The minimum atomic E-state index is -3.28. The maximum absolute atomic E-state index is 11.3. The highest BCUT2D eigenvalue weighted by Gasteiger charge is 2.28. The van der Waals surface area contributed by atoms with Gasteiger partial charge in [0.05, 0.1) is 12.4 Å². The van der Waals surface area contributed by atoms with Crippen molar-refractivity contribution in [3.63, 3.8) is 0 Å². The van der Waals surface area contributed by atoms with E-state index in [-0.39, 0.29) is 24.8 Å². The summed E-state index contributed by atoms with van der Waals surface area (Å²) < 4.78 is 29.3. The zero-order valence-corrected chi connectivity index (χ0v) is 8.97. The lowest BCUT2D eigenvalue weighted by molar-refractivity contribution is -0.141. The molecule has 82 valence electrons. The molecule has 0 aliphatic heterocycles. The summed E-state index contributed by atoms with van der Waals surface area (Å²) in [4.78, 5) is 10.8. The lowest BCUT2D eigenvalue weighted by Crippen LogP contribution is -2.32. The van der Waals surface area contributed by atoms with Crippen molar-refractivity contribution in [1.29, 1.82) is 0 Å². The summed E-state index contributed by atoms with van der Waals surface area (Å²) in [5.41, 5.74) is 0. The van der Waals surface area contributed by atoms with Gasteiger partial charge in [-0.05, 0) is 25.7 Å². The minimum Gasteiger partial charge on any atom is -0.465 e. The Hall–Kier alpha value is -0.620. The zero-order chi connectivity index (χ0) is 10.6. The highest BCUT2D eigenvalue weighted by Crippen LogP contribution is 2.29. The van der Waals surface area contributed by atoms with Crippen LogP contribution in [0.1, 0.15) is 19.8 Å². The van der Waals surface area contributed by atoms with Gasteiger partial charge in [0.15, 0.2) is 0 Å². The van der Waals surface area contributed by atoms with Crippen LogP contribution in [0.4, 0.5) is 0 Å². The average Bonchev–Trinajstić information content (AvgIpc) is 2.85. The second kappa shape index (κ2) is 4.75. The van der Waals surface area contributed by atoms with Crippen molar-refractivity contribution in [3.05, 3.63) is 0 Å². The van der Waals surface area contributed by atoms with Gasteiger partial charge in [-0.1, -0.05) is 0 Å². The molecule has 0 aromatic rings. The molecule has 1 aliphatic rings. The lowest BCUT2D eigenvalue weighted by atomic mass is 10.5. The molecule has 0 aromatic heterocycles. The molecule has 1 fully saturated rings. The molecule has 1 aliphatic carbocycles. The molecule has 0 unspecified atom stereocenters. The van der Waals surface area contributed by atoms with Crippen LogP contribution in [-0.2, 0) is 19.6 Å². The van der Waals surface area contributed by atoms with Gasteiger partial charge in [-0.3, -0.25) is 4.79 Å². The second-order valence-electron chi connectivity index (χ2n) is 3.35. The van der Waals surface area contributed by atoms with E-state index in [0.29, 0.717) is 0 Å². The first-order valence-electron chi connectivity index (χ1n) is 4.66. The fourth-order valence-corrected chi connectivity index (χ4v) is 2.44. The van der Waals surface area contributed by atoms with Crippen LogP contribution in [0.15, 0.2) is 0 Å². The Morgan fingerprint density at radius 2 is 2.14 bits per heavy atom. The Labute approximate surface area is 83.9 Å². The Bertz CT molecular complexity index is 294. The fourth-order valence-electron chi connectivity index (χ4n) is 1.03. The second-order valence-corrected chi connectivity index (χ2v) is 5.20. The van der Waals surface area contributed by atoms with Gasteiger partial charge in [-0.15, -0.1) is 0 Å². The molecule has 1 N–H and O–H groups in total. The van der Waals surface area contributed by atoms with Crippen LogP contribution in [-0.4, -0.2) is 33.3 Å². The lowest BCUT2D eigenvalue weighted by Gasteiger charge is -2.04. The van der Waals surface area contributed by atoms with Crippen LogP contribution < -0.4 is 4.72 Å². The molecule has 0 atom stereocenters. The van der Waals surface area contributed by atoms with Crippen LogP contribution in [0.25, 0.3) is 0 Å². The SMILES string of the molecule is CCOC(=O)CNS(=O)(=O)CC1CC1. The van der Waals surface area contributed by atoms with Gasteiger partial charge in [-0.2, -0.15) is 0 Å². The van der Waals surface area contributed by atoms with Gasteiger partial charge < -0.3 is 4.74 Å². The molecule has 0 saturated heterocycles. The smallest absolute Gasteiger partial charge is 0.320 e. The number of carbonyl (C=O) groups excluding carboxylic acids is 1. The molecule has 0 spiro atoms. The average molecular weight is 221 g/mol. The molecule has 0 bridgehead atoms. The molecule has 0 aromatic carbocycles. The van der Waals surface area contributed by atoms with Crippen molar-refractivity contribution >= 4 is 16.0 Å². The van der Waals surface area contributed by atoms with E-state index >= 15 is 0 Å². The highest BCUT2D eigenvalue weighted by molar-refractivity contribution is 7.89. The van der Waals surface area contributed by atoms with Crippen LogP contribution >= 0.6 is 0 Å². The van der Waals surface area contributed by atoms with E-state index in [1.807, 2.05) is 0 Å². The van der Waals surface area contributed by atoms with Crippen molar-refractivity contribution in [1.82, 2.24) is 4.72 Å². The third-order valence-electron chi connectivity index (χ3n) is 1.89. The maximum atomic E-state index is 11.3. The Morgan fingerprint density at radius 1 is 1.50 bits per heavy atom. The monoisotopic (exact) mass is 221 g/mol. The number of ether oxygens (including phenoxy) is 1. The number of nitrogens with one attached hydrogen (secondary N) is 1. The molecule has 14 heavy (non-hydrogen) atoms. The van der Waals surface area contributed by atoms with Gasteiger partial charge in [0, 0.05) is 0 Å². The topological polar surface area (TPSA) is 72.5 Å². The quantitative estimate of drug-likeness (QED) is 0.635. The molecule has 5 nitrogen and oxygen atoms in total. The van der Waals surface area contributed by atoms with Crippen molar-refractivity contribution in [2.45, 2.75) is 19.8 Å². The Kier molecular flexibility index (Phi) is 3.88. The third kappa shape index (κ3) is 4.57. The van der Waals surface area contributed by atoms with Crippen LogP contribution in [0.5, 0.6) is 0 Å². The first-order valence-corrected chi connectivity index (χ1v) is 6.31. The van der Waals surface area contributed by atoms with Crippen molar-refractivity contribution in [2.24, 2.45) is 5.92 Å². The van der Waals surface area contributed by atoms with Crippen LogP contribution in [0.2, 0.25) is 0 Å². The third-order valence-corrected chi connectivity index (χ3v) is 3.39. The Morgan fingerprint density at radius 3 is 2.64 bits per heavy atom. The van der Waals surface area contributed by atoms with Gasteiger partial charge in [0.25, 0.3) is 0 Å². The molecule has 1 rings (SSSR count). The largest absolute Gasteiger partial charge is 0.465 e. The number of rotatable bonds is 6. The first kappa shape index (κ1) is 11.5. The van der Waals surface area contributed by atoms with E-state index in [9.17, 15) is 13.2 Å². The molecule has 0 amide bonds. The summed E-state index contributed by atoms with van der Waals surface area (Å²) in [7, 11) is -3.28. The number of sulfonamides is 1. The van der Waals surface area contributed by atoms with Crippen molar-refractivity contribution < 1.29 is 17.9 Å². The normalized spacial score (nSPS) is 16.6. The number of carbonyl (C=O) groups is 1. The molecule has 0 radical (unpaired) electrons. The van der Waals surface area contributed by atoms with E-state index in [1.165, 1.54) is 0 Å². The molecule has 0 heterocycles. The summed E-state index contributed by atoms with van der Waals surface area (Å²) in [6.07, 6.45) is 1.95. The van der Waals surface area contributed by atoms with E-state index in [0.717, 1.165) is 12.8 Å². The predicted molar refractivity (Wildman–Crippen MR) is 51.1 cm³/mol. The van der Waals surface area contributed by atoms with Gasteiger partial charge in [0.1, 0.15) is 6.54 Å². The van der Waals surface area contributed by atoms with Gasteiger partial charge >= 0.3 is 5.97 Å². The maximum Gasteiger partial charge on any atom is 0.320 e. The summed E-state index contributed by atoms with van der Waals surface area (Å²) >= 11 is 0. The van der Waals surface area contributed by atoms with Crippen molar-refractivity contribution in [3.8, 4) is 0 Å². The summed E-state index contributed by atoms with van der Waals surface area (Å²) in [5.74, 6) is -0.117. The van der Waals surface area contributed by atoms with Gasteiger partial charge in [0.2, 0.25) is 10.0 Å². The van der Waals surface area contributed by atoms with E-state index in [1.54, 1.807) is 6.92 Å². The minimum absolute atomic E-state index is 0.131. The zero-order valence-electron chi connectivity index (χ0n) is 8.15. The molecule has 6 heteroatoms. The van der Waals surface area contributed by atoms with Gasteiger partial charge in [-0.25, -0.2) is 13.1 Å². The fraction of sp³-hybridized carbons (Fsp3) is 0.875. The van der Waals surface area contributed by atoms with E-state index in [2.05, 4.69) is 9.46 Å². The number of hydrogen-bond donors (Lipinski definition) is 1. The molecular formula is C8H15NO4S. The summed E-state index contributed by atoms with van der Waals surface area (Å²) in [5, 5.41) is 0. The first-order chi connectivity index (χ1) is 6.53. The van der Waals surface area contributed by atoms with E-state index < -0.39 is 16.0 Å². The standard InChI is InChI=1S/C8H15NO4S/c1-2-13-8(10)5-9-14(11,12)6-7-3-4-7/h7,9H,2-6H2,1H3. The number of esters is 1. The highest BCUT2D eigenvalue weighted by atomic mass is 32.2. The van der Waals surface area contributed by atoms with Crippen molar-refractivity contribution in [2.75, 3.05) is 18.9 Å². The Balaban J connectivity index is 2.24. The molecule has 1 saturated carbocycles. The van der Waals surface area contributed by atoms with Crippen LogP contribution in [0, 0.1) is 5.92 Å². The summed E-state index contributed by atoms with van der Waals surface area (Å²) in [6.45, 7) is 1.68. The summed E-state index contributed by atoms with van der Waals surface area (Å²) in [6, 6.07) is 0. The van der Waals surface area contributed by atoms with E-state index in [4.69, 9.17) is 0 Å². The number of hydrogen-bond acceptors (Lipinski definition) is 4. The molecular weight excluding hydrogens is 206 g/mol.